The second kappa shape index (κ2) is 7.59. The molecule has 0 unspecified atom stereocenters. The fraction of sp³-hybridized carbons (Fsp3) is 0.120. The number of carbonyl (C=O) groups is 1. The van der Waals surface area contributed by atoms with Crippen LogP contribution < -0.4 is 11.2 Å². The number of rotatable bonds is 4. The molecule has 1 N–H and O–H groups in total. The first-order chi connectivity index (χ1) is 15.9. The maximum Gasteiger partial charge on any atom is 0.335 e. The molecule has 2 heterocycles. The first-order valence-corrected chi connectivity index (χ1v) is 10.3. The highest BCUT2D eigenvalue weighted by molar-refractivity contribution is 5.94. The van der Waals surface area contributed by atoms with Crippen molar-refractivity contribution in [2.45, 2.75) is 6.54 Å². The molecule has 3 aromatic carbocycles. The zero-order valence-corrected chi connectivity index (χ0v) is 18.0. The molecule has 0 bridgehead atoms. The zero-order valence-electron chi connectivity index (χ0n) is 18.0. The number of nitrogens with zero attached hydrogens (tertiary/aromatic N) is 4. The van der Waals surface area contributed by atoms with Crippen LogP contribution in [0.1, 0.15) is 15.9 Å². The maximum absolute atomic E-state index is 13.2. The molecular weight excluding hydrogens is 420 g/mol. The molecule has 2 aromatic heterocycles. The molecule has 0 aliphatic carbocycles. The van der Waals surface area contributed by atoms with E-state index < -0.39 is 17.2 Å². The van der Waals surface area contributed by atoms with Gasteiger partial charge in [-0.3, -0.25) is 18.6 Å². The van der Waals surface area contributed by atoms with E-state index in [2.05, 4.69) is 5.10 Å². The molecule has 8 heteroatoms. The van der Waals surface area contributed by atoms with E-state index in [0.717, 1.165) is 20.9 Å². The molecular formula is C25H20N4O4. The SMILES string of the molecule is Cn1c(=O)c2c(-c3cccc(C(=O)O)c3)n(Cc3cccc4ccccc34)nc2n(C)c1=O. The summed E-state index contributed by atoms with van der Waals surface area (Å²) in [5, 5.41) is 16.5. The fourth-order valence-corrected chi connectivity index (χ4v) is 4.25. The summed E-state index contributed by atoms with van der Waals surface area (Å²) in [7, 11) is 2.99. The van der Waals surface area contributed by atoms with E-state index in [4.69, 9.17) is 0 Å². The Bertz CT molecular complexity index is 1690. The summed E-state index contributed by atoms with van der Waals surface area (Å²) in [4.78, 5) is 37.3. The van der Waals surface area contributed by atoms with Crippen molar-refractivity contribution in [2.24, 2.45) is 14.1 Å². The van der Waals surface area contributed by atoms with Crippen molar-refractivity contribution in [2.75, 3.05) is 0 Å². The van der Waals surface area contributed by atoms with Crippen LogP contribution >= 0.6 is 0 Å². The summed E-state index contributed by atoms with van der Waals surface area (Å²) in [6.45, 7) is 0.333. The van der Waals surface area contributed by atoms with Crippen LogP contribution in [0.5, 0.6) is 0 Å². The van der Waals surface area contributed by atoms with Gasteiger partial charge < -0.3 is 5.11 Å². The number of benzene rings is 3. The summed E-state index contributed by atoms with van der Waals surface area (Å²) in [5.41, 5.74) is 1.38. The number of carboxylic acid groups (broad SMARTS) is 1. The van der Waals surface area contributed by atoms with Gasteiger partial charge in [0, 0.05) is 19.7 Å². The third-order valence-corrected chi connectivity index (χ3v) is 5.93. The lowest BCUT2D eigenvalue weighted by Gasteiger charge is -2.11. The molecule has 0 aliphatic rings. The Morgan fingerprint density at radius 2 is 1.67 bits per heavy atom. The van der Waals surface area contributed by atoms with E-state index in [-0.39, 0.29) is 16.6 Å². The van der Waals surface area contributed by atoms with E-state index in [1.165, 1.54) is 23.7 Å². The number of aryl methyl sites for hydroxylation is 1. The van der Waals surface area contributed by atoms with Crippen LogP contribution in [0.25, 0.3) is 33.1 Å². The summed E-state index contributed by atoms with van der Waals surface area (Å²) in [6, 6.07) is 20.3. The quantitative estimate of drug-likeness (QED) is 0.463. The van der Waals surface area contributed by atoms with E-state index >= 15 is 0 Å². The molecule has 164 valence electrons. The van der Waals surface area contributed by atoms with Crippen molar-refractivity contribution < 1.29 is 9.90 Å². The molecule has 5 rings (SSSR count). The lowest BCUT2D eigenvalue weighted by atomic mass is 10.0. The molecule has 0 aliphatic heterocycles. The molecule has 5 aromatic rings. The summed E-state index contributed by atoms with van der Waals surface area (Å²) < 4.78 is 4.05. The molecule has 8 nitrogen and oxygen atoms in total. The summed E-state index contributed by atoms with van der Waals surface area (Å²) >= 11 is 0. The molecule has 33 heavy (non-hydrogen) atoms. The van der Waals surface area contributed by atoms with Crippen LogP contribution in [0.2, 0.25) is 0 Å². The highest BCUT2D eigenvalue weighted by Gasteiger charge is 2.22. The lowest BCUT2D eigenvalue weighted by Crippen LogP contribution is -2.36. The highest BCUT2D eigenvalue weighted by atomic mass is 16.4. The Hall–Kier alpha value is -4.46. The Morgan fingerprint density at radius 3 is 2.45 bits per heavy atom. The number of hydrogen-bond donors (Lipinski definition) is 1. The lowest BCUT2D eigenvalue weighted by molar-refractivity contribution is 0.0697. The second-order valence-electron chi connectivity index (χ2n) is 7.93. The van der Waals surface area contributed by atoms with E-state index in [0.29, 0.717) is 17.8 Å². The highest BCUT2D eigenvalue weighted by Crippen LogP contribution is 2.29. The summed E-state index contributed by atoms with van der Waals surface area (Å²) in [6.07, 6.45) is 0. The van der Waals surface area contributed by atoms with Gasteiger partial charge in [-0.1, -0.05) is 54.6 Å². The minimum Gasteiger partial charge on any atom is -0.478 e. The number of carboxylic acids is 1. The second-order valence-corrected chi connectivity index (χ2v) is 7.93. The first-order valence-electron chi connectivity index (χ1n) is 10.3. The predicted octanol–water partition coefficient (Wildman–Crippen LogP) is 3.00. The largest absolute Gasteiger partial charge is 0.478 e. The van der Waals surface area contributed by atoms with Gasteiger partial charge in [-0.05, 0) is 28.5 Å². The average Bonchev–Trinajstić information content (AvgIpc) is 3.21. The number of hydrogen-bond acceptors (Lipinski definition) is 4. The van der Waals surface area contributed by atoms with Crippen LogP contribution in [0, 0.1) is 0 Å². The maximum atomic E-state index is 13.2. The fourth-order valence-electron chi connectivity index (χ4n) is 4.25. The first kappa shape index (κ1) is 20.4. The van der Waals surface area contributed by atoms with Gasteiger partial charge in [-0.15, -0.1) is 0 Å². The van der Waals surface area contributed by atoms with Gasteiger partial charge in [0.15, 0.2) is 5.65 Å². The third kappa shape index (κ3) is 3.23. The predicted molar refractivity (Wildman–Crippen MR) is 126 cm³/mol. The Balaban J connectivity index is 1.84. The monoisotopic (exact) mass is 440 g/mol. The van der Waals surface area contributed by atoms with Crippen molar-refractivity contribution in [1.82, 2.24) is 18.9 Å². The summed E-state index contributed by atoms with van der Waals surface area (Å²) in [5.74, 6) is -1.07. The van der Waals surface area contributed by atoms with Crippen molar-refractivity contribution in [3.63, 3.8) is 0 Å². The molecule has 0 atom stereocenters. The van der Waals surface area contributed by atoms with Gasteiger partial charge in [0.1, 0.15) is 5.39 Å². The van der Waals surface area contributed by atoms with Crippen LogP contribution in [-0.4, -0.2) is 30.0 Å². The minimum atomic E-state index is -1.07. The van der Waals surface area contributed by atoms with Crippen molar-refractivity contribution >= 4 is 27.8 Å². The van der Waals surface area contributed by atoms with Crippen molar-refractivity contribution in [3.8, 4) is 11.3 Å². The van der Waals surface area contributed by atoms with Crippen LogP contribution in [0.4, 0.5) is 0 Å². The average molecular weight is 440 g/mol. The smallest absolute Gasteiger partial charge is 0.335 e. The normalized spacial score (nSPS) is 11.3. The molecule has 0 amide bonds. The van der Waals surface area contributed by atoms with Gasteiger partial charge in [-0.25, -0.2) is 9.59 Å². The minimum absolute atomic E-state index is 0.0974. The van der Waals surface area contributed by atoms with Gasteiger partial charge >= 0.3 is 11.7 Å². The van der Waals surface area contributed by atoms with Crippen LogP contribution in [0.3, 0.4) is 0 Å². The molecule has 0 saturated heterocycles. The van der Waals surface area contributed by atoms with Crippen molar-refractivity contribution in [3.05, 3.63) is 98.7 Å². The van der Waals surface area contributed by atoms with Gasteiger partial charge in [-0.2, -0.15) is 5.10 Å². The number of aromatic carboxylic acids is 1. The Kier molecular flexibility index (Phi) is 4.70. The van der Waals surface area contributed by atoms with Gasteiger partial charge in [0.25, 0.3) is 5.56 Å². The Morgan fingerprint density at radius 1 is 0.939 bits per heavy atom. The Labute approximate surface area is 187 Å². The third-order valence-electron chi connectivity index (χ3n) is 5.93. The number of aromatic nitrogens is 4. The molecule has 0 spiro atoms. The topological polar surface area (TPSA) is 99.1 Å². The van der Waals surface area contributed by atoms with E-state index in [9.17, 15) is 19.5 Å². The number of fused-ring (bicyclic) bond motifs is 2. The van der Waals surface area contributed by atoms with Gasteiger partial charge in [0.2, 0.25) is 0 Å². The van der Waals surface area contributed by atoms with Crippen LogP contribution in [-0.2, 0) is 20.6 Å². The molecule has 0 fully saturated rings. The standard InChI is InChI=1S/C25H20N4O4/c1-27-22-20(23(30)28(2)25(27)33)21(16-9-6-10-17(13-16)24(31)32)29(26-22)14-18-11-5-8-15-7-3-4-12-19(15)18/h3-13H,14H2,1-2H3,(H,31,32). The van der Waals surface area contributed by atoms with E-state index in [1.54, 1.807) is 23.9 Å². The van der Waals surface area contributed by atoms with Gasteiger partial charge in [0.05, 0.1) is 17.8 Å². The van der Waals surface area contributed by atoms with Crippen LogP contribution in [0.15, 0.2) is 76.3 Å². The van der Waals surface area contributed by atoms with Crippen molar-refractivity contribution in [1.29, 1.82) is 0 Å². The molecule has 0 radical (unpaired) electrons. The zero-order chi connectivity index (χ0) is 23.3. The molecule has 0 saturated carbocycles. The van der Waals surface area contributed by atoms with E-state index in [1.807, 2.05) is 42.5 Å².